The molecule has 2 aliphatic rings. The van der Waals surface area contributed by atoms with E-state index in [1.54, 1.807) is 6.26 Å². The lowest BCUT2D eigenvalue weighted by Gasteiger charge is -2.03. The van der Waals surface area contributed by atoms with Crippen molar-refractivity contribution >= 4 is 33.7 Å². The van der Waals surface area contributed by atoms with Crippen molar-refractivity contribution in [2.75, 3.05) is 19.5 Å². The summed E-state index contributed by atoms with van der Waals surface area (Å²) in [4.78, 5) is 18.2. The van der Waals surface area contributed by atoms with Crippen molar-refractivity contribution in [1.29, 1.82) is 0 Å². The number of hydrogen-bond acceptors (Lipinski definition) is 6. The Balaban J connectivity index is 0.000000157. The van der Waals surface area contributed by atoms with E-state index < -0.39 is 5.97 Å². The van der Waals surface area contributed by atoms with E-state index in [1.807, 2.05) is 0 Å². The molecular weight excluding hydrogens is 348 g/mol. The Bertz CT molecular complexity index is 469. The van der Waals surface area contributed by atoms with Crippen LogP contribution in [0.2, 0.25) is 0 Å². The Morgan fingerprint density at radius 2 is 2.00 bits per heavy atom. The number of carboxylic acid groups (broad SMARTS) is 1. The minimum atomic E-state index is -1.06. The molecule has 2 atom stereocenters. The normalized spacial score (nSPS) is 23.9. The number of aromatic nitrogens is 2. The van der Waals surface area contributed by atoms with Gasteiger partial charge in [-0.2, -0.15) is 0 Å². The summed E-state index contributed by atoms with van der Waals surface area (Å²) in [5.41, 5.74) is -0.00523. The van der Waals surface area contributed by atoms with Gasteiger partial charge in [0.2, 0.25) is 0 Å². The molecule has 0 unspecified atom stereocenters. The number of fused-ring (bicyclic) bond motifs is 1. The molecule has 0 saturated carbocycles. The molecule has 0 bridgehead atoms. The number of rotatable bonds is 2. The molecule has 1 N–H and O–H groups in total. The fraction of sp³-hybridized carbons (Fsp3) is 0.583. The number of nitrogens with zero attached hydrogens (tertiary/aromatic N) is 2. The minimum Gasteiger partial charge on any atom is -0.476 e. The van der Waals surface area contributed by atoms with E-state index in [0.717, 1.165) is 26.1 Å². The Kier molecular flexibility index (Phi) is 5.76. The highest BCUT2D eigenvalue weighted by atomic mass is 79.9. The molecule has 2 saturated heterocycles. The number of carbonyl (C=O) groups is 1. The van der Waals surface area contributed by atoms with Gasteiger partial charge >= 0.3 is 5.97 Å². The molecule has 0 aliphatic carbocycles. The van der Waals surface area contributed by atoms with Crippen molar-refractivity contribution in [3.8, 4) is 0 Å². The number of ether oxygens (including phenoxy) is 2. The van der Waals surface area contributed by atoms with Gasteiger partial charge in [-0.3, -0.25) is 0 Å². The molecule has 0 aromatic carbocycles. The van der Waals surface area contributed by atoms with Crippen molar-refractivity contribution in [3.63, 3.8) is 0 Å². The van der Waals surface area contributed by atoms with Crippen LogP contribution in [0.4, 0.5) is 0 Å². The van der Waals surface area contributed by atoms with Crippen LogP contribution in [0, 0.1) is 0 Å². The van der Waals surface area contributed by atoms with Crippen LogP contribution in [0.3, 0.4) is 0 Å². The van der Waals surface area contributed by atoms with Crippen molar-refractivity contribution in [2.45, 2.75) is 30.2 Å². The third-order valence-corrected chi connectivity index (χ3v) is 4.13. The first-order valence-corrected chi connectivity index (χ1v) is 8.16. The van der Waals surface area contributed by atoms with Crippen LogP contribution in [0.5, 0.6) is 0 Å². The van der Waals surface area contributed by atoms with Crippen LogP contribution < -0.4 is 0 Å². The zero-order valence-corrected chi connectivity index (χ0v) is 13.3. The third kappa shape index (κ3) is 3.91. The molecule has 0 spiro atoms. The molecule has 1 aromatic heterocycles. The van der Waals surface area contributed by atoms with Crippen molar-refractivity contribution < 1.29 is 19.4 Å². The predicted octanol–water partition coefficient (Wildman–Crippen LogP) is 2.22. The van der Waals surface area contributed by atoms with Crippen LogP contribution in [0.15, 0.2) is 15.8 Å². The second kappa shape index (κ2) is 7.35. The van der Waals surface area contributed by atoms with E-state index in [4.69, 9.17) is 14.6 Å². The van der Waals surface area contributed by atoms with E-state index in [9.17, 15) is 4.79 Å². The quantitative estimate of drug-likeness (QED) is 0.637. The largest absolute Gasteiger partial charge is 0.476 e. The smallest absolute Gasteiger partial charge is 0.355 e. The van der Waals surface area contributed by atoms with Gasteiger partial charge in [-0.05, 0) is 35.0 Å². The van der Waals surface area contributed by atoms with E-state index in [-0.39, 0.29) is 5.69 Å². The van der Waals surface area contributed by atoms with Crippen molar-refractivity contribution in [1.82, 2.24) is 9.97 Å². The molecule has 0 radical (unpaired) electrons. The second-order valence-corrected chi connectivity index (χ2v) is 5.88. The van der Waals surface area contributed by atoms with E-state index in [2.05, 4.69) is 25.9 Å². The highest BCUT2D eigenvalue weighted by Crippen LogP contribution is 2.25. The maximum atomic E-state index is 10.6. The molecular formula is C12H15BrN2O4S. The van der Waals surface area contributed by atoms with Gasteiger partial charge in [-0.15, -0.1) is 0 Å². The average molecular weight is 363 g/mol. The second-order valence-electron chi connectivity index (χ2n) is 4.25. The molecule has 8 heteroatoms. The van der Waals surface area contributed by atoms with Gasteiger partial charge in [0.25, 0.3) is 0 Å². The van der Waals surface area contributed by atoms with Gasteiger partial charge < -0.3 is 14.6 Å². The molecule has 6 nitrogen and oxygen atoms in total. The third-order valence-electron chi connectivity index (χ3n) is 2.99. The summed E-state index contributed by atoms with van der Waals surface area (Å²) in [7, 11) is 0. The predicted molar refractivity (Wildman–Crippen MR) is 77.2 cm³/mol. The van der Waals surface area contributed by atoms with Crippen LogP contribution >= 0.6 is 27.7 Å². The maximum absolute atomic E-state index is 10.6. The van der Waals surface area contributed by atoms with Gasteiger partial charge in [0.15, 0.2) is 10.9 Å². The fourth-order valence-corrected chi connectivity index (χ4v) is 2.72. The molecule has 0 amide bonds. The summed E-state index contributed by atoms with van der Waals surface area (Å²) in [6.45, 7) is 1.82. The summed E-state index contributed by atoms with van der Waals surface area (Å²) < 4.78 is 11.1. The molecule has 110 valence electrons. The van der Waals surface area contributed by atoms with Crippen molar-refractivity contribution in [3.05, 3.63) is 16.4 Å². The standard InChI is InChI=1S/C6H5BrN2O2S.C6H10O2/c1-12-6-8-2-3(7)4(9-6)5(10)11;1-3-7-6-2-4-8-5(1)6/h2H,1H3,(H,10,11);5-6H,1-4H2/t;5-,6-/m.1/s1. The monoisotopic (exact) mass is 362 g/mol. The lowest BCUT2D eigenvalue weighted by Crippen LogP contribution is -2.13. The molecule has 2 aliphatic heterocycles. The molecule has 1 aromatic rings. The summed E-state index contributed by atoms with van der Waals surface area (Å²) in [5, 5.41) is 9.11. The number of hydrogen-bond donors (Lipinski definition) is 1. The van der Waals surface area contributed by atoms with E-state index >= 15 is 0 Å². The van der Waals surface area contributed by atoms with E-state index in [0.29, 0.717) is 21.8 Å². The van der Waals surface area contributed by atoms with Crippen LogP contribution in [0.25, 0.3) is 0 Å². The average Bonchev–Trinajstić information content (AvgIpc) is 3.03. The van der Waals surface area contributed by atoms with Crippen LogP contribution in [-0.4, -0.2) is 52.7 Å². The molecule has 3 rings (SSSR count). The summed E-state index contributed by atoms with van der Waals surface area (Å²) >= 11 is 4.35. The summed E-state index contributed by atoms with van der Waals surface area (Å²) in [5.74, 6) is -1.06. The fourth-order valence-electron chi connectivity index (χ4n) is 2.02. The lowest BCUT2D eigenvalue weighted by molar-refractivity contribution is 0.0688. The van der Waals surface area contributed by atoms with Gasteiger partial charge in [-0.25, -0.2) is 14.8 Å². The highest BCUT2D eigenvalue weighted by molar-refractivity contribution is 9.10. The van der Waals surface area contributed by atoms with E-state index in [1.165, 1.54) is 18.0 Å². The summed E-state index contributed by atoms with van der Waals surface area (Å²) in [6, 6.07) is 0. The number of thioether (sulfide) groups is 1. The zero-order chi connectivity index (χ0) is 14.5. The first kappa shape index (κ1) is 15.7. The topological polar surface area (TPSA) is 81.5 Å². The Hall–Kier alpha value is -0.700. The Labute approximate surface area is 129 Å². The Morgan fingerprint density at radius 3 is 2.50 bits per heavy atom. The van der Waals surface area contributed by atoms with Crippen molar-refractivity contribution in [2.24, 2.45) is 0 Å². The number of aromatic carboxylic acids is 1. The molecule has 2 fully saturated rings. The number of halogens is 1. The SMILES string of the molecule is C1C[C@H]2OCC[C@H]2O1.CSc1ncc(Br)c(C(=O)O)n1. The summed E-state index contributed by atoms with van der Waals surface area (Å²) in [6.07, 6.45) is 6.36. The number of carboxylic acids is 1. The lowest BCUT2D eigenvalue weighted by atomic mass is 10.2. The van der Waals surface area contributed by atoms with Gasteiger partial charge in [-0.1, -0.05) is 11.8 Å². The molecule has 3 heterocycles. The highest BCUT2D eigenvalue weighted by Gasteiger charge is 2.33. The van der Waals surface area contributed by atoms with Gasteiger partial charge in [0, 0.05) is 19.4 Å². The molecule has 20 heavy (non-hydrogen) atoms. The van der Waals surface area contributed by atoms with Gasteiger partial charge in [0.05, 0.1) is 16.7 Å². The first-order valence-electron chi connectivity index (χ1n) is 6.15. The zero-order valence-electron chi connectivity index (χ0n) is 10.9. The maximum Gasteiger partial charge on any atom is 0.355 e. The van der Waals surface area contributed by atoms with Crippen LogP contribution in [0.1, 0.15) is 23.3 Å². The Morgan fingerprint density at radius 1 is 1.40 bits per heavy atom. The minimum absolute atomic E-state index is 0.00523. The van der Waals surface area contributed by atoms with Crippen LogP contribution in [-0.2, 0) is 9.47 Å². The van der Waals surface area contributed by atoms with Gasteiger partial charge in [0.1, 0.15) is 0 Å². The first-order chi connectivity index (χ1) is 9.61.